The highest BCUT2D eigenvalue weighted by Gasteiger charge is 2.09. The van der Waals surface area contributed by atoms with E-state index in [0.717, 1.165) is 16.8 Å². The van der Waals surface area contributed by atoms with Gasteiger partial charge in [0.2, 0.25) is 0 Å². The molecule has 0 radical (unpaired) electrons. The molecule has 0 unspecified atom stereocenters. The number of aromatic amines is 2. The minimum atomic E-state index is -0.402. The van der Waals surface area contributed by atoms with Crippen LogP contribution in [0.4, 0.5) is 5.82 Å². The van der Waals surface area contributed by atoms with Crippen molar-refractivity contribution in [1.29, 1.82) is 0 Å². The van der Waals surface area contributed by atoms with Crippen LogP contribution >= 0.6 is 0 Å². The molecule has 3 heterocycles. The molecule has 0 bridgehead atoms. The van der Waals surface area contributed by atoms with Crippen LogP contribution in [0.1, 0.15) is 31.7 Å². The topological polar surface area (TPSA) is 113 Å². The Bertz CT molecular complexity index is 773. The van der Waals surface area contributed by atoms with Gasteiger partial charge in [-0.3, -0.25) is 4.98 Å². The van der Waals surface area contributed by atoms with Gasteiger partial charge in [0.1, 0.15) is 17.2 Å². The molecule has 23 heavy (non-hydrogen) atoms. The molecule has 0 aromatic carbocycles. The normalized spacial score (nSPS) is 10.4. The number of aromatic nitrogens is 3. The van der Waals surface area contributed by atoms with Gasteiger partial charge >= 0.3 is 5.69 Å². The number of nitrogens with two attached hydrogens (primary N) is 1. The van der Waals surface area contributed by atoms with Gasteiger partial charge in [0.15, 0.2) is 0 Å². The number of H-pyrrole nitrogens is 2. The van der Waals surface area contributed by atoms with E-state index in [1.54, 1.807) is 6.26 Å². The van der Waals surface area contributed by atoms with Crippen molar-refractivity contribution >= 4 is 16.9 Å². The van der Waals surface area contributed by atoms with Crippen molar-refractivity contribution in [2.75, 3.05) is 11.9 Å². The van der Waals surface area contributed by atoms with Crippen LogP contribution in [-0.2, 0) is 13.0 Å². The number of hydrogen-bond donors (Lipinski definition) is 4. The smallest absolute Gasteiger partial charge is 0.348 e. The molecule has 0 aliphatic carbocycles. The maximum Gasteiger partial charge on any atom is 0.348 e. The lowest BCUT2D eigenvalue weighted by Crippen LogP contribution is -2.13. The molecule has 3 aromatic rings. The van der Waals surface area contributed by atoms with Crippen molar-refractivity contribution in [1.82, 2.24) is 15.0 Å². The van der Waals surface area contributed by atoms with Crippen LogP contribution in [0.25, 0.3) is 11.0 Å². The van der Waals surface area contributed by atoms with Gasteiger partial charge < -0.3 is 20.5 Å². The highest BCUT2D eigenvalue weighted by molar-refractivity contribution is 5.87. The van der Waals surface area contributed by atoms with Crippen LogP contribution in [0.15, 0.2) is 33.7 Å². The van der Waals surface area contributed by atoms with Gasteiger partial charge in [-0.2, -0.15) is 4.98 Å². The number of furan rings is 1. The molecule has 0 saturated carbocycles. The molecule has 0 amide bonds. The minimum Gasteiger partial charge on any atom is -0.467 e. The molecular formula is C16H23N5O2. The molecule has 0 saturated heterocycles. The number of fused-ring (bicyclic) bond motifs is 1. The quantitative estimate of drug-likeness (QED) is 0.577. The lowest BCUT2D eigenvalue weighted by Gasteiger charge is -2.03. The fourth-order valence-corrected chi connectivity index (χ4v) is 2.10. The Kier molecular flexibility index (Phi) is 5.99. The minimum absolute atomic E-state index is 0.402. The van der Waals surface area contributed by atoms with Gasteiger partial charge in [0, 0.05) is 5.69 Å². The largest absolute Gasteiger partial charge is 0.467 e. The summed E-state index contributed by atoms with van der Waals surface area (Å²) >= 11 is 0. The summed E-state index contributed by atoms with van der Waals surface area (Å²) < 4.78 is 5.24. The number of anilines is 1. The zero-order valence-corrected chi connectivity index (χ0v) is 13.5. The second kappa shape index (κ2) is 8.19. The third kappa shape index (κ3) is 4.46. The number of nitrogens with zero attached hydrogens (tertiary/aromatic N) is 1. The van der Waals surface area contributed by atoms with Crippen molar-refractivity contribution in [2.45, 2.75) is 33.2 Å². The van der Waals surface area contributed by atoms with E-state index < -0.39 is 5.69 Å². The maximum atomic E-state index is 11.6. The summed E-state index contributed by atoms with van der Waals surface area (Å²) in [5.41, 5.74) is 6.75. The van der Waals surface area contributed by atoms with E-state index in [0.29, 0.717) is 31.0 Å². The van der Waals surface area contributed by atoms with Crippen LogP contribution in [-0.4, -0.2) is 21.5 Å². The summed E-state index contributed by atoms with van der Waals surface area (Å²) in [6, 6.07) is 5.61. The summed E-state index contributed by atoms with van der Waals surface area (Å²) in [7, 11) is 0. The van der Waals surface area contributed by atoms with Gasteiger partial charge in [-0.1, -0.05) is 20.3 Å². The standard InChI is InChI=1S/C13H15N5O2.C3H8/c14-4-3-8-6-10-11(15-7-9-2-1-5-20-9)17-13(19)18-12(10)16-8;1-3-2/h1-2,5-6H,3-4,7,14H2,(H3,15,16,17,18,19);3H2,1-2H3. The zero-order valence-electron chi connectivity index (χ0n) is 13.5. The van der Waals surface area contributed by atoms with Crippen LogP contribution in [0.2, 0.25) is 0 Å². The molecular weight excluding hydrogens is 294 g/mol. The van der Waals surface area contributed by atoms with E-state index in [-0.39, 0.29) is 0 Å². The number of hydrogen-bond acceptors (Lipinski definition) is 5. The fraction of sp³-hybridized carbons (Fsp3) is 0.375. The molecule has 0 aliphatic heterocycles. The summed E-state index contributed by atoms with van der Waals surface area (Å²) in [5, 5.41) is 3.94. The average Bonchev–Trinajstić information content (AvgIpc) is 3.15. The Labute approximate surface area is 134 Å². The highest BCUT2D eigenvalue weighted by Crippen LogP contribution is 2.20. The Hall–Kier alpha value is -2.54. The second-order valence-electron chi connectivity index (χ2n) is 5.15. The van der Waals surface area contributed by atoms with Crippen LogP contribution in [0.3, 0.4) is 0 Å². The van der Waals surface area contributed by atoms with Gasteiger partial charge in [-0.25, -0.2) is 4.79 Å². The third-order valence-electron chi connectivity index (χ3n) is 3.00. The van der Waals surface area contributed by atoms with E-state index in [1.165, 1.54) is 6.42 Å². The van der Waals surface area contributed by atoms with Gasteiger partial charge in [-0.15, -0.1) is 0 Å². The van der Waals surface area contributed by atoms with Crippen molar-refractivity contribution in [3.8, 4) is 0 Å². The van der Waals surface area contributed by atoms with E-state index in [9.17, 15) is 4.79 Å². The van der Waals surface area contributed by atoms with E-state index in [4.69, 9.17) is 10.2 Å². The average molecular weight is 317 g/mol. The SMILES string of the molecule is CCC.NCCc1cc2c(NCc3ccco3)nc(=O)[nH]c2[nH]1. The first-order valence-electron chi connectivity index (χ1n) is 7.76. The first-order chi connectivity index (χ1) is 11.2. The molecule has 0 spiro atoms. The monoisotopic (exact) mass is 317 g/mol. The Balaban J connectivity index is 0.000000595. The maximum absolute atomic E-state index is 11.6. The first-order valence-corrected chi connectivity index (χ1v) is 7.76. The predicted molar refractivity (Wildman–Crippen MR) is 91.5 cm³/mol. The van der Waals surface area contributed by atoms with Gasteiger partial charge in [-0.05, 0) is 31.2 Å². The molecule has 7 nitrogen and oxygen atoms in total. The van der Waals surface area contributed by atoms with E-state index >= 15 is 0 Å². The summed E-state index contributed by atoms with van der Waals surface area (Å²) in [6.45, 7) is 5.26. The lowest BCUT2D eigenvalue weighted by atomic mass is 10.3. The summed E-state index contributed by atoms with van der Waals surface area (Å²) in [6.07, 6.45) is 3.57. The second-order valence-corrected chi connectivity index (χ2v) is 5.15. The lowest BCUT2D eigenvalue weighted by molar-refractivity contribution is 0.518. The molecule has 3 aromatic heterocycles. The van der Waals surface area contributed by atoms with Crippen molar-refractivity contribution in [2.24, 2.45) is 5.73 Å². The summed E-state index contributed by atoms with van der Waals surface area (Å²) in [5.74, 6) is 1.30. The third-order valence-corrected chi connectivity index (χ3v) is 3.00. The van der Waals surface area contributed by atoms with Crippen molar-refractivity contribution in [3.63, 3.8) is 0 Å². The molecule has 0 aliphatic rings. The zero-order chi connectivity index (χ0) is 16.7. The van der Waals surface area contributed by atoms with Crippen LogP contribution < -0.4 is 16.7 Å². The van der Waals surface area contributed by atoms with Crippen LogP contribution in [0, 0.1) is 0 Å². The predicted octanol–water partition coefficient (Wildman–Crippen LogP) is 2.37. The van der Waals surface area contributed by atoms with Crippen LogP contribution in [0.5, 0.6) is 0 Å². The van der Waals surface area contributed by atoms with E-state index in [1.807, 2.05) is 18.2 Å². The molecule has 3 rings (SSSR count). The fourth-order valence-electron chi connectivity index (χ4n) is 2.10. The Morgan fingerprint density at radius 1 is 1.35 bits per heavy atom. The summed E-state index contributed by atoms with van der Waals surface area (Å²) in [4.78, 5) is 21.3. The molecule has 0 atom stereocenters. The molecule has 5 N–H and O–H groups in total. The molecule has 124 valence electrons. The molecule has 0 fully saturated rings. The van der Waals surface area contributed by atoms with Crippen molar-refractivity contribution in [3.05, 3.63) is 46.4 Å². The first kappa shape index (κ1) is 16.8. The van der Waals surface area contributed by atoms with Crippen molar-refractivity contribution < 1.29 is 4.42 Å². The van der Waals surface area contributed by atoms with Gasteiger partial charge in [0.05, 0.1) is 18.2 Å². The number of nitrogens with one attached hydrogen (secondary N) is 3. The highest BCUT2D eigenvalue weighted by atomic mass is 16.3. The molecule has 7 heteroatoms. The van der Waals surface area contributed by atoms with E-state index in [2.05, 4.69) is 34.1 Å². The Morgan fingerprint density at radius 2 is 2.13 bits per heavy atom. The number of rotatable bonds is 5. The van der Waals surface area contributed by atoms with Gasteiger partial charge in [0.25, 0.3) is 0 Å². The Morgan fingerprint density at radius 3 is 2.78 bits per heavy atom.